The molecule has 3 amide bonds. The van der Waals surface area contributed by atoms with Gasteiger partial charge in [0, 0.05) is 31.2 Å². The first-order valence-corrected chi connectivity index (χ1v) is 11.7. The van der Waals surface area contributed by atoms with E-state index in [0.29, 0.717) is 42.3 Å². The maximum atomic E-state index is 13.0. The van der Waals surface area contributed by atoms with Crippen LogP contribution in [0.2, 0.25) is 5.02 Å². The molecule has 0 radical (unpaired) electrons. The highest BCUT2D eigenvalue weighted by Gasteiger charge is 2.37. The summed E-state index contributed by atoms with van der Waals surface area (Å²) >= 11 is 6.11. The average molecular weight is 474 g/mol. The number of halogens is 1. The van der Waals surface area contributed by atoms with Gasteiger partial charge in [0.15, 0.2) is 0 Å². The van der Waals surface area contributed by atoms with Gasteiger partial charge in [0.2, 0.25) is 5.91 Å². The van der Waals surface area contributed by atoms with Gasteiger partial charge in [-0.05, 0) is 35.4 Å². The summed E-state index contributed by atoms with van der Waals surface area (Å²) in [6.07, 6.45) is 0. The Bertz CT molecular complexity index is 1190. The van der Waals surface area contributed by atoms with Gasteiger partial charge in [0.05, 0.1) is 17.2 Å². The molecule has 1 fully saturated rings. The summed E-state index contributed by atoms with van der Waals surface area (Å²) in [5.41, 5.74) is 3.04. The van der Waals surface area contributed by atoms with Crippen LogP contribution in [0.15, 0.2) is 78.9 Å². The molecule has 7 heteroatoms. The Morgan fingerprint density at radius 1 is 0.735 bits per heavy atom. The van der Waals surface area contributed by atoms with Crippen LogP contribution >= 0.6 is 11.6 Å². The molecule has 2 aliphatic rings. The van der Waals surface area contributed by atoms with E-state index in [1.807, 2.05) is 42.5 Å². The van der Waals surface area contributed by atoms with Gasteiger partial charge in [-0.2, -0.15) is 0 Å². The molecule has 1 unspecified atom stereocenters. The van der Waals surface area contributed by atoms with E-state index < -0.39 is 11.8 Å². The predicted octanol–water partition coefficient (Wildman–Crippen LogP) is 3.87. The van der Waals surface area contributed by atoms with Crippen LogP contribution in [0.25, 0.3) is 0 Å². The number of imide groups is 1. The van der Waals surface area contributed by atoms with Gasteiger partial charge >= 0.3 is 0 Å². The van der Waals surface area contributed by atoms with E-state index >= 15 is 0 Å². The van der Waals surface area contributed by atoms with Gasteiger partial charge in [-0.3, -0.25) is 24.2 Å². The molecular weight excluding hydrogens is 450 g/mol. The highest BCUT2D eigenvalue weighted by Crippen LogP contribution is 2.30. The lowest BCUT2D eigenvalue weighted by Gasteiger charge is -2.40. The average Bonchev–Trinajstić information content (AvgIpc) is 3.11. The van der Waals surface area contributed by atoms with Gasteiger partial charge in [-0.1, -0.05) is 66.2 Å². The van der Waals surface area contributed by atoms with Crippen molar-refractivity contribution in [3.05, 3.63) is 106 Å². The van der Waals surface area contributed by atoms with Crippen molar-refractivity contribution in [3.63, 3.8) is 0 Å². The van der Waals surface area contributed by atoms with Crippen molar-refractivity contribution in [2.45, 2.75) is 6.04 Å². The number of carbonyl (C=O) groups excluding carboxylic acids is 3. The molecule has 6 nitrogen and oxygen atoms in total. The van der Waals surface area contributed by atoms with Crippen LogP contribution in [0.3, 0.4) is 0 Å². The zero-order chi connectivity index (χ0) is 23.7. The SMILES string of the molecule is O=C(CN1C(=O)c2ccccc2C1=O)N1CCN(C(c2ccccc2)c2ccc(Cl)cc2)CC1. The largest absolute Gasteiger partial charge is 0.339 e. The minimum absolute atomic E-state index is 0.0481. The number of benzene rings is 3. The maximum absolute atomic E-state index is 13.0. The Balaban J connectivity index is 1.27. The lowest BCUT2D eigenvalue weighted by molar-refractivity contribution is -0.133. The number of nitrogens with zero attached hydrogens (tertiary/aromatic N) is 3. The Morgan fingerprint density at radius 3 is 1.85 bits per heavy atom. The maximum Gasteiger partial charge on any atom is 0.262 e. The molecule has 0 aliphatic carbocycles. The number of amides is 3. The third-order valence-corrected chi connectivity index (χ3v) is 6.76. The van der Waals surface area contributed by atoms with E-state index in [-0.39, 0.29) is 18.5 Å². The van der Waals surface area contributed by atoms with Crippen molar-refractivity contribution in [1.29, 1.82) is 0 Å². The Hall–Kier alpha value is -3.48. The lowest BCUT2D eigenvalue weighted by atomic mass is 9.96. The van der Waals surface area contributed by atoms with Crippen LogP contribution in [-0.2, 0) is 4.79 Å². The fourth-order valence-electron chi connectivity index (χ4n) is 4.74. The van der Waals surface area contributed by atoms with Gasteiger partial charge in [0.25, 0.3) is 11.8 Å². The van der Waals surface area contributed by atoms with Crippen molar-refractivity contribution in [3.8, 4) is 0 Å². The Labute approximate surface area is 203 Å². The first-order chi connectivity index (χ1) is 16.5. The molecule has 1 saturated heterocycles. The number of rotatable bonds is 5. The second-order valence-electron chi connectivity index (χ2n) is 8.52. The highest BCUT2D eigenvalue weighted by molar-refractivity contribution is 6.30. The normalized spacial score (nSPS) is 17.1. The van der Waals surface area contributed by atoms with Crippen molar-refractivity contribution >= 4 is 29.3 Å². The second kappa shape index (κ2) is 9.41. The van der Waals surface area contributed by atoms with E-state index in [9.17, 15) is 14.4 Å². The number of hydrogen-bond acceptors (Lipinski definition) is 4. The lowest BCUT2D eigenvalue weighted by Crippen LogP contribution is -2.52. The quantitative estimate of drug-likeness (QED) is 0.528. The first-order valence-electron chi connectivity index (χ1n) is 11.3. The molecule has 0 aromatic heterocycles. The van der Waals surface area contributed by atoms with Crippen LogP contribution in [0, 0.1) is 0 Å². The number of carbonyl (C=O) groups is 3. The van der Waals surface area contributed by atoms with Crippen LogP contribution < -0.4 is 0 Å². The zero-order valence-electron chi connectivity index (χ0n) is 18.6. The first kappa shape index (κ1) is 22.3. The van der Waals surface area contributed by atoms with Crippen molar-refractivity contribution < 1.29 is 14.4 Å². The van der Waals surface area contributed by atoms with Crippen molar-refractivity contribution in [1.82, 2.24) is 14.7 Å². The predicted molar refractivity (Wildman–Crippen MR) is 130 cm³/mol. The standard InChI is InChI=1S/C27H24ClN3O3/c28-21-12-10-20(11-13-21)25(19-6-2-1-3-7-19)30-16-14-29(15-17-30)24(32)18-31-26(33)22-8-4-5-9-23(22)27(31)34/h1-13,25H,14-18H2. The summed E-state index contributed by atoms with van der Waals surface area (Å²) in [4.78, 5) is 43.4. The van der Waals surface area contributed by atoms with E-state index in [1.165, 1.54) is 5.56 Å². The Morgan fingerprint density at radius 2 is 1.26 bits per heavy atom. The summed E-state index contributed by atoms with van der Waals surface area (Å²) in [7, 11) is 0. The van der Waals surface area contributed by atoms with Gasteiger partial charge in [-0.15, -0.1) is 0 Å². The fourth-order valence-corrected chi connectivity index (χ4v) is 4.87. The molecule has 1 atom stereocenters. The minimum Gasteiger partial charge on any atom is -0.339 e. The van der Waals surface area contributed by atoms with E-state index in [0.717, 1.165) is 10.5 Å². The smallest absolute Gasteiger partial charge is 0.262 e. The summed E-state index contributed by atoms with van der Waals surface area (Å²) in [6.45, 7) is 2.18. The molecule has 0 spiro atoms. The molecule has 5 rings (SSSR count). The van der Waals surface area contributed by atoms with Crippen molar-refractivity contribution in [2.75, 3.05) is 32.7 Å². The summed E-state index contributed by atoms with van der Waals surface area (Å²) in [5, 5.41) is 0.694. The van der Waals surface area contributed by atoms with Crippen LogP contribution in [0.5, 0.6) is 0 Å². The minimum atomic E-state index is -0.403. The molecule has 34 heavy (non-hydrogen) atoms. The Kier molecular flexibility index (Phi) is 6.18. The summed E-state index contributed by atoms with van der Waals surface area (Å²) < 4.78 is 0. The second-order valence-corrected chi connectivity index (χ2v) is 8.96. The van der Waals surface area contributed by atoms with Crippen LogP contribution in [0.4, 0.5) is 0 Å². The molecule has 0 bridgehead atoms. The van der Waals surface area contributed by atoms with E-state index in [1.54, 1.807) is 29.2 Å². The van der Waals surface area contributed by atoms with Gasteiger partial charge in [0.1, 0.15) is 6.54 Å². The van der Waals surface area contributed by atoms with E-state index in [4.69, 9.17) is 11.6 Å². The third-order valence-electron chi connectivity index (χ3n) is 6.50. The molecule has 0 saturated carbocycles. The summed E-state index contributed by atoms with van der Waals surface area (Å²) in [5.74, 6) is -1.02. The summed E-state index contributed by atoms with van der Waals surface area (Å²) in [6, 6.07) is 24.9. The van der Waals surface area contributed by atoms with E-state index in [2.05, 4.69) is 17.0 Å². The van der Waals surface area contributed by atoms with Gasteiger partial charge in [-0.25, -0.2) is 0 Å². The molecule has 3 aromatic rings. The molecule has 172 valence electrons. The number of piperazine rings is 1. The topological polar surface area (TPSA) is 60.9 Å². The number of hydrogen-bond donors (Lipinski definition) is 0. The zero-order valence-corrected chi connectivity index (χ0v) is 19.3. The monoisotopic (exact) mass is 473 g/mol. The van der Waals surface area contributed by atoms with Crippen LogP contribution in [0.1, 0.15) is 37.9 Å². The van der Waals surface area contributed by atoms with Crippen molar-refractivity contribution in [2.24, 2.45) is 0 Å². The van der Waals surface area contributed by atoms with Crippen LogP contribution in [-0.4, -0.2) is 65.1 Å². The molecule has 2 aliphatic heterocycles. The molecule has 3 aromatic carbocycles. The molecular formula is C27H24ClN3O3. The number of fused-ring (bicyclic) bond motifs is 1. The molecule has 2 heterocycles. The molecule has 0 N–H and O–H groups in total. The highest BCUT2D eigenvalue weighted by atomic mass is 35.5. The third kappa shape index (κ3) is 4.22. The fraction of sp³-hybridized carbons (Fsp3) is 0.222. The van der Waals surface area contributed by atoms with Gasteiger partial charge < -0.3 is 4.90 Å².